The zero-order valence-corrected chi connectivity index (χ0v) is 16.9. The molecule has 150 valence electrons. The van der Waals surface area contributed by atoms with E-state index in [4.69, 9.17) is 14.5 Å². The van der Waals surface area contributed by atoms with Crippen LogP contribution in [-0.4, -0.2) is 24.6 Å². The third-order valence-electron chi connectivity index (χ3n) is 4.75. The van der Waals surface area contributed by atoms with Gasteiger partial charge in [-0.15, -0.1) is 0 Å². The Balaban J connectivity index is 1.68. The smallest absolute Gasteiger partial charge is 0.255 e. The molecular formula is C25H22N2O3. The summed E-state index contributed by atoms with van der Waals surface area (Å²) in [4.78, 5) is 17.5. The molecule has 0 fully saturated rings. The highest BCUT2D eigenvalue weighted by atomic mass is 16.5. The van der Waals surface area contributed by atoms with Crippen LogP contribution in [0.5, 0.6) is 11.5 Å². The van der Waals surface area contributed by atoms with Crippen LogP contribution in [-0.2, 0) is 0 Å². The average molecular weight is 398 g/mol. The molecule has 5 heteroatoms. The fraction of sp³-hybridized carbons (Fsp3) is 0.120. The Morgan fingerprint density at radius 1 is 0.967 bits per heavy atom. The Morgan fingerprint density at radius 3 is 2.43 bits per heavy atom. The largest absolute Gasteiger partial charge is 0.497 e. The summed E-state index contributed by atoms with van der Waals surface area (Å²) in [5, 5.41) is 3.71. The topological polar surface area (TPSA) is 60.5 Å². The third kappa shape index (κ3) is 4.10. The van der Waals surface area contributed by atoms with Crippen molar-refractivity contribution in [2.24, 2.45) is 0 Å². The first kappa shape index (κ1) is 19.5. The molecule has 0 aliphatic heterocycles. The Morgan fingerprint density at radius 2 is 1.73 bits per heavy atom. The number of amides is 1. The Bertz CT molecular complexity index is 1170. The molecule has 0 bridgehead atoms. The highest BCUT2D eigenvalue weighted by Crippen LogP contribution is 2.31. The van der Waals surface area contributed by atoms with Crippen molar-refractivity contribution < 1.29 is 14.3 Å². The van der Waals surface area contributed by atoms with Gasteiger partial charge < -0.3 is 14.8 Å². The maximum absolute atomic E-state index is 12.8. The number of rotatable bonds is 6. The summed E-state index contributed by atoms with van der Waals surface area (Å²) in [5.74, 6) is 1.25. The Kier molecular flexibility index (Phi) is 5.61. The van der Waals surface area contributed by atoms with Gasteiger partial charge in [0.2, 0.25) is 0 Å². The van der Waals surface area contributed by atoms with Crippen molar-refractivity contribution in [1.29, 1.82) is 0 Å². The summed E-state index contributed by atoms with van der Waals surface area (Å²) in [7, 11) is 1.61. The number of carbonyl (C=O) groups is 1. The van der Waals surface area contributed by atoms with Crippen LogP contribution >= 0.6 is 0 Å². The van der Waals surface area contributed by atoms with Crippen molar-refractivity contribution in [3.8, 4) is 22.8 Å². The van der Waals surface area contributed by atoms with E-state index < -0.39 is 0 Å². The van der Waals surface area contributed by atoms with Crippen LogP contribution in [0.25, 0.3) is 22.2 Å². The van der Waals surface area contributed by atoms with Gasteiger partial charge in [-0.05, 0) is 49.4 Å². The van der Waals surface area contributed by atoms with Crippen LogP contribution in [0.4, 0.5) is 5.69 Å². The quantitative estimate of drug-likeness (QED) is 0.462. The zero-order valence-electron chi connectivity index (χ0n) is 16.9. The van der Waals surface area contributed by atoms with Crippen LogP contribution in [0.1, 0.15) is 17.3 Å². The molecule has 0 radical (unpaired) electrons. The summed E-state index contributed by atoms with van der Waals surface area (Å²) in [6.45, 7) is 2.46. The van der Waals surface area contributed by atoms with Gasteiger partial charge in [-0.2, -0.15) is 0 Å². The monoisotopic (exact) mass is 398 g/mol. The number of hydrogen-bond donors (Lipinski definition) is 1. The minimum atomic E-state index is -0.198. The molecule has 0 atom stereocenters. The normalized spacial score (nSPS) is 10.6. The number of nitrogens with zero attached hydrogens (tertiary/aromatic N) is 1. The number of carbonyl (C=O) groups excluding carboxylic acids is 1. The third-order valence-corrected chi connectivity index (χ3v) is 4.75. The van der Waals surface area contributed by atoms with Gasteiger partial charge in [0, 0.05) is 28.3 Å². The summed E-state index contributed by atoms with van der Waals surface area (Å²) < 4.78 is 11.0. The Hall–Kier alpha value is -3.86. The molecule has 3 aromatic carbocycles. The van der Waals surface area contributed by atoms with Gasteiger partial charge in [-0.1, -0.05) is 30.3 Å². The first-order valence-corrected chi connectivity index (χ1v) is 9.76. The van der Waals surface area contributed by atoms with E-state index in [0.29, 0.717) is 23.6 Å². The number of methoxy groups -OCH3 is 1. The molecular weight excluding hydrogens is 376 g/mol. The summed E-state index contributed by atoms with van der Waals surface area (Å²) in [6.07, 6.45) is 0. The van der Waals surface area contributed by atoms with Gasteiger partial charge in [0.15, 0.2) is 0 Å². The van der Waals surface area contributed by atoms with Crippen LogP contribution in [0.15, 0.2) is 78.9 Å². The second kappa shape index (κ2) is 8.66. The number of pyridine rings is 1. The summed E-state index contributed by atoms with van der Waals surface area (Å²) in [6, 6.07) is 24.6. The number of anilines is 1. The van der Waals surface area contributed by atoms with E-state index in [1.54, 1.807) is 37.4 Å². The van der Waals surface area contributed by atoms with Crippen molar-refractivity contribution >= 4 is 22.5 Å². The molecule has 30 heavy (non-hydrogen) atoms. The number of benzene rings is 3. The zero-order chi connectivity index (χ0) is 20.9. The number of nitrogens with one attached hydrogen (secondary N) is 1. The van der Waals surface area contributed by atoms with E-state index in [2.05, 4.69) is 5.32 Å². The second-order valence-corrected chi connectivity index (χ2v) is 6.72. The lowest BCUT2D eigenvalue weighted by atomic mass is 10.1. The minimum Gasteiger partial charge on any atom is -0.497 e. The van der Waals surface area contributed by atoms with Crippen LogP contribution in [0, 0.1) is 0 Å². The molecule has 4 rings (SSSR count). The molecule has 1 heterocycles. The standard InChI is InChI=1S/C25H22N2O3/c1-3-30-24-16-23(17-7-5-4-6-8-17)27-22-14-9-18(15-21(22)24)25(28)26-19-10-12-20(29-2)13-11-19/h4-16H,3H2,1-2H3,(H,26,28). The number of fused-ring (bicyclic) bond motifs is 1. The molecule has 5 nitrogen and oxygen atoms in total. The molecule has 1 aromatic heterocycles. The van der Waals surface area contributed by atoms with E-state index in [1.807, 2.05) is 55.5 Å². The van der Waals surface area contributed by atoms with Gasteiger partial charge >= 0.3 is 0 Å². The van der Waals surface area contributed by atoms with E-state index in [0.717, 1.165) is 27.9 Å². The second-order valence-electron chi connectivity index (χ2n) is 6.72. The maximum Gasteiger partial charge on any atom is 0.255 e. The van der Waals surface area contributed by atoms with Crippen molar-refractivity contribution in [2.45, 2.75) is 6.92 Å². The van der Waals surface area contributed by atoms with E-state index in [-0.39, 0.29) is 5.91 Å². The summed E-state index contributed by atoms with van der Waals surface area (Å²) >= 11 is 0. The van der Waals surface area contributed by atoms with Gasteiger partial charge in [0.05, 0.1) is 24.9 Å². The van der Waals surface area contributed by atoms with E-state index >= 15 is 0 Å². The lowest BCUT2D eigenvalue weighted by Gasteiger charge is -2.12. The van der Waals surface area contributed by atoms with Gasteiger partial charge in [-0.3, -0.25) is 4.79 Å². The number of hydrogen-bond acceptors (Lipinski definition) is 4. The predicted octanol–water partition coefficient (Wildman–Crippen LogP) is 5.56. The molecule has 0 aliphatic carbocycles. The average Bonchev–Trinajstić information content (AvgIpc) is 2.80. The fourth-order valence-corrected chi connectivity index (χ4v) is 3.25. The molecule has 0 spiro atoms. The van der Waals surface area contributed by atoms with Crippen molar-refractivity contribution in [3.05, 3.63) is 84.4 Å². The van der Waals surface area contributed by atoms with E-state index in [1.165, 1.54) is 0 Å². The van der Waals surface area contributed by atoms with E-state index in [9.17, 15) is 4.79 Å². The highest BCUT2D eigenvalue weighted by molar-refractivity contribution is 6.07. The van der Waals surface area contributed by atoms with Crippen molar-refractivity contribution in [1.82, 2.24) is 4.98 Å². The lowest BCUT2D eigenvalue weighted by Crippen LogP contribution is -2.11. The SMILES string of the molecule is CCOc1cc(-c2ccccc2)nc2ccc(C(=O)Nc3ccc(OC)cc3)cc12. The molecule has 4 aromatic rings. The van der Waals surface area contributed by atoms with Crippen molar-refractivity contribution in [2.75, 3.05) is 19.0 Å². The van der Waals surface area contributed by atoms with Gasteiger partial charge in [-0.25, -0.2) is 4.98 Å². The number of ether oxygens (including phenoxy) is 2. The molecule has 0 aliphatic rings. The van der Waals surface area contributed by atoms with Crippen LogP contribution in [0.3, 0.4) is 0 Å². The molecule has 0 unspecified atom stereocenters. The Labute approximate surface area is 175 Å². The molecule has 0 saturated carbocycles. The van der Waals surface area contributed by atoms with Crippen LogP contribution < -0.4 is 14.8 Å². The molecule has 0 saturated heterocycles. The van der Waals surface area contributed by atoms with Gasteiger partial charge in [0.25, 0.3) is 5.91 Å². The fourth-order valence-electron chi connectivity index (χ4n) is 3.25. The lowest BCUT2D eigenvalue weighted by molar-refractivity contribution is 0.102. The first-order valence-electron chi connectivity index (χ1n) is 9.76. The van der Waals surface area contributed by atoms with Crippen LogP contribution in [0.2, 0.25) is 0 Å². The van der Waals surface area contributed by atoms with Gasteiger partial charge in [0.1, 0.15) is 11.5 Å². The molecule has 1 amide bonds. The minimum absolute atomic E-state index is 0.198. The maximum atomic E-state index is 12.8. The predicted molar refractivity (Wildman–Crippen MR) is 119 cm³/mol. The highest BCUT2D eigenvalue weighted by Gasteiger charge is 2.13. The van der Waals surface area contributed by atoms with Crippen molar-refractivity contribution in [3.63, 3.8) is 0 Å². The first-order chi connectivity index (χ1) is 14.7. The molecule has 1 N–H and O–H groups in total. The summed E-state index contributed by atoms with van der Waals surface area (Å²) in [5.41, 5.74) is 3.86. The number of aromatic nitrogens is 1.